The van der Waals surface area contributed by atoms with Gasteiger partial charge >= 0.3 is 0 Å². The fraction of sp³-hybridized carbons (Fsp3) is 0.400. The quantitative estimate of drug-likeness (QED) is 0.926. The minimum Gasteiger partial charge on any atom is -0.436 e. The molecule has 1 unspecified atom stereocenters. The van der Waals surface area contributed by atoms with Gasteiger partial charge in [-0.1, -0.05) is 12.1 Å². The van der Waals surface area contributed by atoms with E-state index >= 15 is 0 Å². The lowest BCUT2D eigenvalue weighted by molar-refractivity contribution is 0.431. The van der Waals surface area contributed by atoms with Crippen LogP contribution >= 0.6 is 11.8 Å². The molecule has 1 aromatic carbocycles. The highest BCUT2D eigenvalue weighted by molar-refractivity contribution is 7.99. The summed E-state index contributed by atoms with van der Waals surface area (Å²) in [5, 5.41) is 0.707. The van der Waals surface area contributed by atoms with Crippen LogP contribution in [-0.4, -0.2) is 11.0 Å². The molecule has 4 heteroatoms. The second kappa shape index (κ2) is 5.80. The van der Waals surface area contributed by atoms with Crippen LogP contribution in [-0.2, 0) is 6.42 Å². The molecule has 1 aromatic heterocycles. The van der Waals surface area contributed by atoms with Crippen molar-refractivity contribution in [1.29, 1.82) is 0 Å². The van der Waals surface area contributed by atoms with Crippen molar-refractivity contribution in [3.05, 3.63) is 40.8 Å². The Morgan fingerprint density at radius 2 is 2.05 bits per heavy atom. The first kappa shape index (κ1) is 14.2. The Balaban J connectivity index is 2.17. The summed E-state index contributed by atoms with van der Waals surface area (Å²) < 4.78 is 5.60. The zero-order valence-corrected chi connectivity index (χ0v) is 12.7. The summed E-state index contributed by atoms with van der Waals surface area (Å²) in [5.74, 6) is 0.883. The summed E-state index contributed by atoms with van der Waals surface area (Å²) in [4.78, 5) is 5.57. The molecule has 0 saturated heterocycles. The molecule has 0 aliphatic carbocycles. The molecule has 19 heavy (non-hydrogen) atoms. The highest BCUT2D eigenvalue weighted by Gasteiger charge is 2.10. The number of rotatable bonds is 4. The summed E-state index contributed by atoms with van der Waals surface area (Å²) in [5.41, 5.74) is 9.29. The van der Waals surface area contributed by atoms with Crippen LogP contribution in [0.25, 0.3) is 0 Å². The number of aromatic nitrogens is 1. The molecule has 1 atom stereocenters. The largest absolute Gasteiger partial charge is 0.436 e. The van der Waals surface area contributed by atoms with E-state index in [1.807, 2.05) is 20.8 Å². The molecule has 0 amide bonds. The molecule has 0 saturated carbocycles. The van der Waals surface area contributed by atoms with Crippen molar-refractivity contribution in [2.45, 2.75) is 50.3 Å². The van der Waals surface area contributed by atoms with Gasteiger partial charge in [-0.15, -0.1) is 0 Å². The first-order valence-corrected chi connectivity index (χ1v) is 7.24. The van der Waals surface area contributed by atoms with Crippen molar-refractivity contribution in [2.24, 2.45) is 5.73 Å². The summed E-state index contributed by atoms with van der Waals surface area (Å²) in [6, 6.07) is 6.62. The van der Waals surface area contributed by atoms with Gasteiger partial charge in [0.15, 0.2) is 0 Å². The summed E-state index contributed by atoms with van der Waals surface area (Å²) in [6.45, 7) is 8.03. The van der Waals surface area contributed by atoms with E-state index in [0.717, 1.165) is 17.9 Å². The molecule has 1 heterocycles. The standard InChI is InChI=1S/C15H20N2OS/c1-9-7-13(8-10(2)16)5-6-14(9)19-15-17-11(3)12(4)18-15/h5-7,10H,8,16H2,1-4H3. The summed E-state index contributed by atoms with van der Waals surface area (Å²) >= 11 is 1.57. The van der Waals surface area contributed by atoms with Crippen molar-refractivity contribution >= 4 is 11.8 Å². The maximum absolute atomic E-state index is 5.83. The lowest BCUT2D eigenvalue weighted by Gasteiger charge is -2.08. The number of benzene rings is 1. The molecule has 2 aromatic rings. The molecule has 0 radical (unpaired) electrons. The Labute approximate surface area is 118 Å². The smallest absolute Gasteiger partial charge is 0.261 e. The number of hydrogen-bond donors (Lipinski definition) is 1. The Morgan fingerprint density at radius 1 is 1.32 bits per heavy atom. The first-order valence-electron chi connectivity index (χ1n) is 6.42. The minimum absolute atomic E-state index is 0.190. The summed E-state index contributed by atoms with van der Waals surface area (Å²) in [7, 11) is 0. The van der Waals surface area contributed by atoms with E-state index in [-0.39, 0.29) is 6.04 Å². The van der Waals surface area contributed by atoms with E-state index in [1.54, 1.807) is 11.8 Å². The third-order valence-corrected chi connectivity index (χ3v) is 4.03. The fourth-order valence-corrected chi connectivity index (χ4v) is 2.80. The Kier molecular flexibility index (Phi) is 4.32. The zero-order chi connectivity index (χ0) is 14.0. The second-order valence-corrected chi connectivity index (χ2v) is 6.00. The number of oxazole rings is 1. The second-order valence-electron chi connectivity index (χ2n) is 5.00. The van der Waals surface area contributed by atoms with Crippen LogP contribution in [0.2, 0.25) is 0 Å². The van der Waals surface area contributed by atoms with E-state index in [1.165, 1.54) is 16.0 Å². The number of nitrogens with zero attached hydrogens (tertiary/aromatic N) is 1. The van der Waals surface area contributed by atoms with E-state index in [4.69, 9.17) is 10.2 Å². The van der Waals surface area contributed by atoms with Gasteiger partial charge in [0.1, 0.15) is 5.76 Å². The predicted octanol–water partition coefficient (Wildman–Crippen LogP) is 3.64. The van der Waals surface area contributed by atoms with Crippen molar-refractivity contribution in [1.82, 2.24) is 4.98 Å². The minimum atomic E-state index is 0.190. The van der Waals surface area contributed by atoms with E-state index < -0.39 is 0 Å². The monoisotopic (exact) mass is 276 g/mol. The van der Waals surface area contributed by atoms with Gasteiger partial charge in [0.05, 0.1) is 5.69 Å². The van der Waals surface area contributed by atoms with E-state index in [2.05, 4.69) is 30.1 Å². The average Bonchev–Trinajstić information content (AvgIpc) is 2.61. The number of aryl methyl sites for hydroxylation is 3. The molecule has 0 aliphatic heterocycles. The Bertz CT molecular complexity index is 556. The lowest BCUT2D eigenvalue weighted by atomic mass is 10.1. The van der Waals surface area contributed by atoms with Gasteiger partial charge in [0.2, 0.25) is 0 Å². The number of nitrogens with two attached hydrogens (primary N) is 1. The van der Waals surface area contributed by atoms with Gasteiger partial charge in [-0.05, 0) is 63.1 Å². The van der Waals surface area contributed by atoms with Crippen molar-refractivity contribution < 1.29 is 4.42 Å². The maximum Gasteiger partial charge on any atom is 0.261 e. The SMILES string of the molecule is Cc1cc(CC(C)N)ccc1Sc1nc(C)c(C)o1. The van der Waals surface area contributed by atoms with E-state index in [9.17, 15) is 0 Å². The van der Waals surface area contributed by atoms with Crippen LogP contribution in [0.3, 0.4) is 0 Å². The van der Waals surface area contributed by atoms with Gasteiger partial charge in [-0.3, -0.25) is 0 Å². The average molecular weight is 276 g/mol. The highest BCUT2D eigenvalue weighted by Crippen LogP contribution is 2.31. The number of hydrogen-bond acceptors (Lipinski definition) is 4. The molecule has 102 valence electrons. The van der Waals surface area contributed by atoms with Gasteiger partial charge in [0, 0.05) is 10.9 Å². The molecule has 0 bridgehead atoms. The van der Waals surface area contributed by atoms with Crippen LogP contribution in [0.1, 0.15) is 29.5 Å². The van der Waals surface area contributed by atoms with Crippen LogP contribution in [0.5, 0.6) is 0 Å². The lowest BCUT2D eigenvalue weighted by Crippen LogP contribution is -2.17. The predicted molar refractivity (Wildman–Crippen MR) is 78.6 cm³/mol. The molecule has 0 spiro atoms. The third kappa shape index (κ3) is 3.61. The van der Waals surface area contributed by atoms with Gasteiger partial charge in [0.25, 0.3) is 5.22 Å². The molecule has 0 aliphatic rings. The fourth-order valence-electron chi connectivity index (χ4n) is 1.91. The van der Waals surface area contributed by atoms with Gasteiger partial charge in [-0.25, -0.2) is 4.98 Å². The van der Waals surface area contributed by atoms with E-state index in [0.29, 0.717) is 5.22 Å². The molecule has 0 fully saturated rings. The Hall–Kier alpha value is -1.26. The third-order valence-electron chi connectivity index (χ3n) is 3.00. The van der Waals surface area contributed by atoms with Crippen LogP contribution in [0, 0.1) is 20.8 Å². The summed E-state index contributed by atoms with van der Waals surface area (Å²) in [6.07, 6.45) is 0.906. The van der Waals surface area contributed by atoms with Crippen LogP contribution in [0.15, 0.2) is 32.7 Å². The molecule has 2 N–H and O–H groups in total. The van der Waals surface area contributed by atoms with Gasteiger partial charge < -0.3 is 10.2 Å². The molecular formula is C15H20N2OS. The highest BCUT2D eigenvalue weighted by atomic mass is 32.2. The first-order chi connectivity index (χ1) is 8.95. The molecular weight excluding hydrogens is 256 g/mol. The van der Waals surface area contributed by atoms with Crippen molar-refractivity contribution in [3.8, 4) is 0 Å². The maximum atomic E-state index is 5.83. The normalized spacial score (nSPS) is 12.7. The van der Waals surface area contributed by atoms with Gasteiger partial charge in [-0.2, -0.15) is 0 Å². The Morgan fingerprint density at radius 3 is 2.58 bits per heavy atom. The van der Waals surface area contributed by atoms with Crippen molar-refractivity contribution in [3.63, 3.8) is 0 Å². The van der Waals surface area contributed by atoms with Crippen LogP contribution in [0.4, 0.5) is 0 Å². The zero-order valence-electron chi connectivity index (χ0n) is 11.9. The van der Waals surface area contributed by atoms with Crippen molar-refractivity contribution in [2.75, 3.05) is 0 Å². The molecule has 2 rings (SSSR count). The topological polar surface area (TPSA) is 52.0 Å². The molecule has 3 nitrogen and oxygen atoms in total. The van der Waals surface area contributed by atoms with Crippen LogP contribution < -0.4 is 5.73 Å².